The van der Waals surface area contributed by atoms with Gasteiger partial charge in [0.1, 0.15) is 5.75 Å². The minimum Gasteiger partial charge on any atom is -0.434 e. The molecule has 1 saturated carbocycles. The van der Waals surface area contributed by atoms with Gasteiger partial charge in [-0.3, -0.25) is 0 Å². The number of alkyl halides is 2. The third-order valence-corrected chi connectivity index (χ3v) is 3.74. The maximum atomic E-state index is 12.3. The van der Waals surface area contributed by atoms with Crippen molar-refractivity contribution < 1.29 is 18.3 Å². The molecular formula is C13H16BrF2NO2. The lowest BCUT2D eigenvalue weighted by molar-refractivity contribution is -0.0505. The van der Waals surface area contributed by atoms with E-state index < -0.39 is 6.61 Å². The molecule has 1 N–H and O–H groups in total. The molecule has 0 atom stereocenters. The number of hydrogen-bond acceptors (Lipinski definition) is 3. The van der Waals surface area contributed by atoms with Crippen LogP contribution in [0, 0.1) is 0 Å². The van der Waals surface area contributed by atoms with Gasteiger partial charge in [-0.25, -0.2) is 0 Å². The lowest BCUT2D eigenvalue weighted by Crippen LogP contribution is -2.44. The standard InChI is InChI=1S/C13H16BrF2NO2/c1-18-11-5-10(6-11)17-7-8-4-9(14)2-3-12(8)19-13(15)16/h2-4,10-11,13,17H,5-7H2,1H3. The SMILES string of the molecule is COC1CC(NCc2cc(Br)ccc2OC(F)F)C1. The van der Waals surface area contributed by atoms with Gasteiger partial charge in [-0.2, -0.15) is 8.78 Å². The van der Waals surface area contributed by atoms with Crippen molar-refractivity contribution in [3.63, 3.8) is 0 Å². The van der Waals surface area contributed by atoms with Crippen LogP contribution in [0.15, 0.2) is 22.7 Å². The fourth-order valence-corrected chi connectivity index (χ4v) is 2.48. The maximum Gasteiger partial charge on any atom is 0.387 e. The third-order valence-electron chi connectivity index (χ3n) is 3.25. The Morgan fingerprint density at radius 3 is 2.79 bits per heavy atom. The van der Waals surface area contributed by atoms with Crippen LogP contribution in [0.3, 0.4) is 0 Å². The van der Waals surface area contributed by atoms with E-state index in [9.17, 15) is 8.78 Å². The van der Waals surface area contributed by atoms with Crippen molar-refractivity contribution in [2.24, 2.45) is 0 Å². The van der Waals surface area contributed by atoms with E-state index >= 15 is 0 Å². The first-order chi connectivity index (χ1) is 9.08. The van der Waals surface area contributed by atoms with Crippen molar-refractivity contribution in [1.82, 2.24) is 5.32 Å². The summed E-state index contributed by atoms with van der Waals surface area (Å²) in [6, 6.07) is 5.40. The van der Waals surface area contributed by atoms with Crippen LogP contribution in [0.4, 0.5) is 8.78 Å². The quantitative estimate of drug-likeness (QED) is 0.865. The van der Waals surface area contributed by atoms with Crippen molar-refractivity contribution in [3.8, 4) is 5.75 Å². The van der Waals surface area contributed by atoms with Gasteiger partial charge in [0, 0.05) is 29.7 Å². The summed E-state index contributed by atoms with van der Waals surface area (Å²) in [5, 5.41) is 3.31. The summed E-state index contributed by atoms with van der Waals surface area (Å²) in [4.78, 5) is 0. The Hall–Kier alpha value is -0.720. The minimum atomic E-state index is -2.80. The number of halogens is 3. The van der Waals surface area contributed by atoms with E-state index in [4.69, 9.17) is 4.74 Å². The number of benzene rings is 1. The molecule has 1 aliphatic rings. The van der Waals surface area contributed by atoms with Crippen molar-refractivity contribution >= 4 is 15.9 Å². The zero-order valence-electron chi connectivity index (χ0n) is 10.5. The van der Waals surface area contributed by atoms with Gasteiger partial charge in [-0.05, 0) is 31.0 Å². The van der Waals surface area contributed by atoms with Gasteiger partial charge >= 0.3 is 6.61 Å². The van der Waals surface area contributed by atoms with Crippen molar-refractivity contribution in [3.05, 3.63) is 28.2 Å². The number of nitrogens with one attached hydrogen (secondary N) is 1. The number of hydrogen-bond donors (Lipinski definition) is 1. The lowest BCUT2D eigenvalue weighted by Gasteiger charge is -2.35. The van der Waals surface area contributed by atoms with Crippen LogP contribution < -0.4 is 10.1 Å². The Balaban J connectivity index is 1.92. The monoisotopic (exact) mass is 335 g/mol. The van der Waals surface area contributed by atoms with Crippen LogP contribution in [-0.2, 0) is 11.3 Å². The molecule has 0 heterocycles. The highest BCUT2D eigenvalue weighted by Crippen LogP contribution is 2.27. The molecule has 1 aromatic carbocycles. The molecule has 0 bridgehead atoms. The van der Waals surface area contributed by atoms with Gasteiger partial charge in [0.05, 0.1) is 6.10 Å². The second-order valence-electron chi connectivity index (χ2n) is 4.54. The van der Waals surface area contributed by atoms with E-state index in [1.54, 1.807) is 25.3 Å². The first kappa shape index (κ1) is 14.7. The van der Waals surface area contributed by atoms with Gasteiger partial charge in [0.25, 0.3) is 0 Å². The molecule has 3 nitrogen and oxygen atoms in total. The van der Waals surface area contributed by atoms with E-state index in [1.807, 2.05) is 0 Å². The average molecular weight is 336 g/mol. The molecular weight excluding hydrogens is 320 g/mol. The molecule has 19 heavy (non-hydrogen) atoms. The zero-order valence-corrected chi connectivity index (χ0v) is 12.1. The zero-order chi connectivity index (χ0) is 13.8. The highest BCUT2D eigenvalue weighted by atomic mass is 79.9. The van der Waals surface area contributed by atoms with Gasteiger partial charge in [0.15, 0.2) is 0 Å². The van der Waals surface area contributed by atoms with E-state index in [-0.39, 0.29) is 5.75 Å². The molecule has 6 heteroatoms. The molecule has 0 saturated heterocycles. The number of rotatable bonds is 6. The predicted octanol–water partition coefficient (Wildman–Crippen LogP) is 3.32. The van der Waals surface area contributed by atoms with E-state index in [0.717, 1.165) is 22.9 Å². The molecule has 0 radical (unpaired) electrons. The van der Waals surface area contributed by atoms with Gasteiger partial charge in [-0.1, -0.05) is 15.9 Å². The van der Waals surface area contributed by atoms with Crippen LogP contribution in [0.1, 0.15) is 18.4 Å². The van der Waals surface area contributed by atoms with Crippen LogP contribution in [0.5, 0.6) is 5.75 Å². The van der Waals surface area contributed by atoms with Crippen molar-refractivity contribution in [2.45, 2.75) is 38.1 Å². The topological polar surface area (TPSA) is 30.5 Å². The van der Waals surface area contributed by atoms with Crippen molar-refractivity contribution in [1.29, 1.82) is 0 Å². The summed E-state index contributed by atoms with van der Waals surface area (Å²) < 4.78 is 35.1. The average Bonchev–Trinajstić information content (AvgIpc) is 2.30. The molecule has 0 aliphatic heterocycles. The lowest BCUT2D eigenvalue weighted by atomic mass is 9.89. The fourth-order valence-electron chi connectivity index (χ4n) is 2.08. The molecule has 1 fully saturated rings. The first-order valence-electron chi connectivity index (χ1n) is 6.08. The number of methoxy groups -OCH3 is 1. The largest absolute Gasteiger partial charge is 0.434 e. The molecule has 0 spiro atoms. The fraction of sp³-hybridized carbons (Fsp3) is 0.538. The van der Waals surface area contributed by atoms with Crippen LogP contribution >= 0.6 is 15.9 Å². The van der Waals surface area contributed by atoms with Gasteiger partial charge < -0.3 is 14.8 Å². The Morgan fingerprint density at radius 1 is 1.42 bits per heavy atom. The minimum absolute atomic E-state index is 0.216. The smallest absolute Gasteiger partial charge is 0.387 e. The normalized spacial score (nSPS) is 22.4. The summed E-state index contributed by atoms with van der Waals surface area (Å²) in [6.45, 7) is -2.30. The predicted molar refractivity (Wildman–Crippen MR) is 71.4 cm³/mol. The van der Waals surface area contributed by atoms with E-state index in [2.05, 4.69) is 26.0 Å². The molecule has 0 unspecified atom stereocenters. The Kier molecular flexibility index (Phi) is 5.13. The van der Waals surface area contributed by atoms with Gasteiger partial charge in [-0.15, -0.1) is 0 Å². The molecule has 0 aromatic heterocycles. The number of ether oxygens (including phenoxy) is 2. The molecule has 2 rings (SSSR count). The Morgan fingerprint density at radius 2 is 2.16 bits per heavy atom. The Bertz CT molecular complexity index is 425. The summed E-state index contributed by atoms with van der Waals surface area (Å²) >= 11 is 3.33. The summed E-state index contributed by atoms with van der Waals surface area (Å²) in [6.07, 6.45) is 2.22. The van der Waals surface area contributed by atoms with Crippen LogP contribution in [-0.4, -0.2) is 25.9 Å². The molecule has 1 aromatic rings. The molecule has 0 amide bonds. The Labute approximate surface area is 119 Å². The van der Waals surface area contributed by atoms with Crippen molar-refractivity contribution in [2.75, 3.05) is 7.11 Å². The van der Waals surface area contributed by atoms with Gasteiger partial charge in [0.2, 0.25) is 0 Å². The van der Waals surface area contributed by atoms with E-state index in [0.29, 0.717) is 18.7 Å². The first-order valence-corrected chi connectivity index (χ1v) is 6.87. The van der Waals surface area contributed by atoms with Crippen LogP contribution in [0.25, 0.3) is 0 Å². The highest BCUT2D eigenvalue weighted by Gasteiger charge is 2.28. The van der Waals surface area contributed by atoms with Crippen LogP contribution in [0.2, 0.25) is 0 Å². The maximum absolute atomic E-state index is 12.3. The molecule has 1 aliphatic carbocycles. The molecule has 106 valence electrons. The summed E-state index contributed by atoms with van der Waals surface area (Å²) in [7, 11) is 1.70. The summed E-state index contributed by atoms with van der Waals surface area (Å²) in [5.41, 5.74) is 0.718. The summed E-state index contributed by atoms with van der Waals surface area (Å²) in [5.74, 6) is 0.216. The second kappa shape index (κ2) is 6.63. The highest BCUT2D eigenvalue weighted by molar-refractivity contribution is 9.10. The third kappa shape index (κ3) is 4.12. The second-order valence-corrected chi connectivity index (χ2v) is 5.45. The van der Waals surface area contributed by atoms with E-state index in [1.165, 1.54) is 0 Å².